The number of carbonyl (C=O) groups excluding carboxylic acids is 1. The largest absolute Gasteiger partial charge is 0.394 e. The molecule has 5 heteroatoms. The maximum Gasteiger partial charge on any atom is 0.171 e. The Labute approximate surface area is 114 Å². The first-order valence-corrected chi connectivity index (χ1v) is 6.95. The van der Waals surface area contributed by atoms with Crippen LogP contribution in [0.5, 0.6) is 0 Å². The summed E-state index contributed by atoms with van der Waals surface area (Å²) in [5.41, 5.74) is -1.13. The van der Waals surface area contributed by atoms with Crippen LogP contribution in [0.15, 0.2) is 0 Å². The van der Waals surface area contributed by atoms with Crippen LogP contribution < -0.4 is 0 Å². The Morgan fingerprint density at radius 1 is 1.37 bits per heavy atom. The summed E-state index contributed by atoms with van der Waals surface area (Å²) in [6.45, 7) is 10.4. The molecule has 110 valence electrons. The first kappa shape index (κ1) is 14.9. The molecule has 0 bridgehead atoms. The normalized spacial score (nSPS) is 34.7. The molecule has 2 saturated heterocycles. The quantitative estimate of drug-likeness (QED) is 0.808. The van der Waals surface area contributed by atoms with Gasteiger partial charge in [0.25, 0.3) is 0 Å². The number of ketones is 1. The molecule has 2 atom stereocenters. The fourth-order valence-corrected chi connectivity index (χ4v) is 3.13. The zero-order valence-electron chi connectivity index (χ0n) is 12.3. The standard InChI is InChI=1S/C14H25NO4/c1-13(2)11(12(17)14(3,4)19-13)8-15-5-6-18-10(7-15)9-16/h10-11,16H,5-9H2,1-4H3. The Morgan fingerprint density at radius 3 is 2.58 bits per heavy atom. The summed E-state index contributed by atoms with van der Waals surface area (Å²) in [4.78, 5) is 14.6. The van der Waals surface area contributed by atoms with Gasteiger partial charge in [-0.3, -0.25) is 9.69 Å². The number of aliphatic hydroxyl groups excluding tert-OH is 1. The van der Waals surface area contributed by atoms with Crippen molar-refractivity contribution in [3.8, 4) is 0 Å². The van der Waals surface area contributed by atoms with Gasteiger partial charge in [0.2, 0.25) is 0 Å². The second kappa shape index (κ2) is 5.13. The minimum atomic E-state index is -0.698. The van der Waals surface area contributed by atoms with E-state index in [1.165, 1.54) is 0 Å². The van der Waals surface area contributed by atoms with Crippen LogP contribution in [0.4, 0.5) is 0 Å². The second-order valence-electron chi connectivity index (χ2n) is 6.57. The molecule has 0 spiro atoms. The van der Waals surface area contributed by atoms with Crippen molar-refractivity contribution in [1.29, 1.82) is 0 Å². The second-order valence-corrected chi connectivity index (χ2v) is 6.57. The molecule has 2 unspecified atom stereocenters. The summed E-state index contributed by atoms with van der Waals surface area (Å²) in [5.74, 6) is 0.0458. The van der Waals surface area contributed by atoms with Crippen molar-refractivity contribution in [3.05, 3.63) is 0 Å². The van der Waals surface area contributed by atoms with Crippen molar-refractivity contribution in [2.75, 3.05) is 32.8 Å². The number of aliphatic hydroxyl groups is 1. The molecule has 1 N–H and O–H groups in total. The van der Waals surface area contributed by atoms with Crippen LogP contribution >= 0.6 is 0 Å². The summed E-state index contributed by atoms with van der Waals surface area (Å²) in [5, 5.41) is 9.16. The zero-order valence-corrected chi connectivity index (χ0v) is 12.3. The van der Waals surface area contributed by atoms with Crippen molar-refractivity contribution in [2.24, 2.45) is 5.92 Å². The van der Waals surface area contributed by atoms with Crippen molar-refractivity contribution in [3.63, 3.8) is 0 Å². The summed E-state index contributed by atoms with van der Waals surface area (Å²) in [7, 11) is 0. The van der Waals surface area contributed by atoms with Crippen molar-refractivity contribution >= 4 is 5.78 Å². The summed E-state index contributed by atoms with van der Waals surface area (Å²) in [6.07, 6.45) is -0.137. The van der Waals surface area contributed by atoms with Crippen LogP contribution in [0.3, 0.4) is 0 Å². The topological polar surface area (TPSA) is 59.0 Å². The molecule has 0 aromatic carbocycles. The van der Waals surface area contributed by atoms with Gasteiger partial charge in [-0.15, -0.1) is 0 Å². The van der Waals surface area contributed by atoms with Crippen molar-refractivity contribution in [2.45, 2.75) is 45.0 Å². The number of rotatable bonds is 3. The molecule has 2 aliphatic rings. The van der Waals surface area contributed by atoms with Crippen LogP contribution in [-0.2, 0) is 14.3 Å². The highest BCUT2D eigenvalue weighted by Gasteiger charge is 2.53. The summed E-state index contributed by atoms with van der Waals surface area (Å²) in [6, 6.07) is 0. The zero-order chi connectivity index (χ0) is 14.3. The molecule has 0 amide bonds. The minimum Gasteiger partial charge on any atom is -0.394 e. The number of nitrogens with zero attached hydrogens (tertiary/aromatic N) is 1. The predicted molar refractivity (Wildman–Crippen MR) is 71.0 cm³/mol. The third-order valence-corrected chi connectivity index (χ3v) is 4.13. The molecule has 19 heavy (non-hydrogen) atoms. The van der Waals surface area contributed by atoms with E-state index < -0.39 is 11.2 Å². The molecule has 0 aromatic rings. The molecule has 2 aliphatic heterocycles. The van der Waals surface area contributed by atoms with Gasteiger partial charge >= 0.3 is 0 Å². The van der Waals surface area contributed by atoms with E-state index in [-0.39, 0.29) is 24.4 Å². The van der Waals surface area contributed by atoms with Crippen molar-refractivity contribution < 1.29 is 19.4 Å². The predicted octanol–water partition coefficient (Wildman–Crippen LogP) is 0.452. The van der Waals surface area contributed by atoms with Gasteiger partial charge in [-0.05, 0) is 27.7 Å². The Bertz CT molecular complexity index is 353. The number of carbonyl (C=O) groups is 1. The Hall–Kier alpha value is -0.490. The molecule has 2 heterocycles. The van der Waals surface area contributed by atoms with E-state index in [2.05, 4.69) is 4.90 Å². The van der Waals surface area contributed by atoms with E-state index in [9.17, 15) is 4.79 Å². The summed E-state index contributed by atoms with van der Waals surface area (Å²) >= 11 is 0. The highest BCUT2D eigenvalue weighted by Crippen LogP contribution is 2.39. The van der Waals surface area contributed by atoms with Gasteiger partial charge in [0.15, 0.2) is 5.78 Å². The number of hydrogen-bond donors (Lipinski definition) is 1. The first-order chi connectivity index (χ1) is 8.76. The van der Waals surface area contributed by atoms with Gasteiger partial charge in [-0.25, -0.2) is 0 Å². The molecular weight excluding hydrogens is 246 g/mol. The molecule has 5 nitrogen and oxygen atoms in total. The lowest BCUT2D eigenvalue weighted by Gasteiger charge is -2.35. The SMILES string of the molecule is CC1(C)OC(C)(C)C(CN2CCOC(CO)C2)C1=O. The van der Waals surface area contributed by atoms with Gasteiger partial charge in [0.1, 0.15) is 5.60 Å². The van der Waals surface area contributed by atoms with E-state index in [1.54, 1.807) is 0 Å². The Balaban J connectivity index is 2.04. The fraction of sp³-hybridized carbons (Fsp3) is 0.929. The summed E-state index contributed by atoms with van der Waals surface area (Å²) < 4.78 is 11.3. The maximum absolute atomic E-state index is 12.4. The lowest BCUT2D eigenvalue weighted by atomic mass is 9.85. The number of hydrogen-bond acceptors (Lipinski definition) is 5. The fourth-order valence-electron chi connectivity index (χ4n) is 3.13. The van der Waals surface area contributed by atoms with E-state index in [0.29, 0.717) is 19.7 Å². The highest BCUT2D eigenvalue weighted by molar-refractivity contribution is 5.91. The van der Waals surface area contributed by atoms with E-state index in [4.69, 9.17) is 14.6 Å². The molecular formula is C14H25NO4. The van der Waals surface area contributed by atoms with E-state index >= 15 is 0 Å². The van der Waals surface area contributed by atoms with Crippen LogP contribution in [-0.4, -0.2) is 65.9 Å². The average Bonchev–Trinajstić information content (AvgIpc) is 2.48. The minimum absolute atomic E-state index is 0.0283. The highest BCUT2D eigenvalue weighted by atomic mass is 16.5. The molecule has 0 aliphatic carbocycles. The molecule has 0 radical (unpaired) electrons. The molecule has 2 fully saturated rings. The van der Waals surface area contributed by atoms with Crippen LogP contribution in [0.2, 0.25) is 0 Å². The smallest absolute Gasteiger partial charge is 0.171 e. The average molecular weight is 271 g/mol. The maximum atomic E-state index is 12.4. The van der Waals surface area contributed by atoms with Gasteiger partial charge in [-0.1, -0.05) is 0 Å². The Kier molecular flexibility index (Phi) is 4.02. The van der Waals surface area contributed by atoms with Crippen molar-refractivity contribution in [1.82, 2.24) is 4.90 Å². The monoisotopic (exact) mass is 271 g/mol. The number of Topliss-reactive ketones (excluding diaryl/α,β-unsaturated/α-hetero) is 1. The van der Waals surface area contributed by atoms with Crippen LogP contribution in [0, 0.1) is 5.92 Å². The van der Waals surface area contributed by atoms with Crippen LogP contribution in [0.1, 0.15) is 27.7 Å². The third kappa shape index (κ3) is 2.99. The molecule has 0 saturated carbocycles. The number of morpholine rings is 1. The van der Waals surface area contributed by atoms with Gasteiger partial charge in [0.05, 0.1) is 30.8 Å². The van der Waals surface area contributed by atoms with Crippen LogP contribution in [0.25, 0.3) is 0 Å². The lowest BCUT2D eigenvalue weighted by Crippen LogP contribution is -2.49. The molecule has 0 aromatic heterocycles. The van der Waals surface area contributed by atoms with Gasteiger partial charge < -0.3 is 14.6 Å². The first-order valence-electron chi connectivity index (χ1n) is 6.95. The molecule has 2 rings (SSSR count). The van der Waals surface area contributed by atoms with E-state index in [0.717, 1.165) is 6.54 Å². The van der Waals surface area contributed by atoms with E-state index in [1.807, 2.05) is 27.7 Å². The lowest BCUT2D eigenvalue weighted by molar-refractivity contribution is -0.132. The van der Waals surface area contributed by atoms with Gasteiger partial charge in [0, 0.05) is 19.6 Å². The van der Waals surface area contributed by atoms with Gasteiger partial charge in [-0.2, -0.15) is 0 Å². The Morgan fingerprint density at radius 2 is 2.05 bits per heavy atom. The number of ether oxygens (including phenoxy) is 2. The third-order valence-electron chi connectivity index (χ3n) is 4.13.